The van der Waals surface area contributed by atoms with Crippen LogP contribution >= 0.6 is 34.7 Å². The Labute approximate surface area is 198 Å². The summed E-state index contributed by atoms with van der Waals surface area (Å²) in [6.07, 6.45) is 4.16. The van der Waals surface area contributed by atoms with Crippen LogP contribution in [-0.2, 0) is 0 Å². The van der Waals surface area contributed by atoms with Gasteiger partial charge in [-0.05, 0) is 57.4 Å². The van der Waals surface area contributed by atoms with Crippen LogP contribution in [0.4, 0.5) is 0 Å². The summed E-state index contributed by atoms with van der Waals surface area (Å²) in [6.45, 7) is 5.94. The van der Waals surface area contributed by atoms with Gasteiger partial charge < -0.3 is 4.98 Å². The molecule has 1 N–H and O–H groups in total. The molecular formula is C23H23ClN4O2S2. The molecule has 4 aromatic rings. The Hall–Kier alpha value is -2.16. The van der Waals surface area contributed by atoms with Crippen LogP contribution in [-0.4, -0.2) is 19.5 Å². The molecule has 0 aliphatic heterocycles. The zero-order chi connectivity index (χ0) is 22.6. The van der Waals surface area contributed by atoms with Gasteiger partial charge in [0.15, 0.2) is 5.16 Å². The Kier molecular flexibility index (Phi) is 5.63. The standard InChI is InChI=1S/C23H23ClN4O2S2/c1-11-12(2)31-21-18(11)20(29)26-19(27-21)13(3)32-23-25-17-10-14(24)8-9-16(17)22(30)28(23)15-6-4-5-7-15/h8-10,13,15H,4-7H2,1-3H3,(H,26,27,29). The van der Waals surface area contributed by atoms with Gasteiger partial charge in [-0.25, -0.2) is 9.97 Å². The second-order valence-electron chi connectivity index (χ2n) is 8.34. The molecule has 6 nitrogen and oxygen atoms in total. The van der Waals surface area contributed by atoms with E-state index in [9.17, 15) is 9.59 Å². The minimum atomic E-state index is -0.189. The van der Waals surface area contributed by atoms with E-state index < -0.39 is 0 Å². The molecule has 1 aliphatic carbocycles. The van der Waals surface area contributed by atoms with Gasteiger partial charge in [-0.1, -0.05) is 36.2 Å². The smallest absolute Gasteiger partial charge is 0.262 e. The van der Waals surface area contributed by atoms with Crippen LogP contribution in [0.1, 0.15) is 60.2 Å². The van der Waals surface area contributed by atoms with Gasteiger partial charge in [0.05, 0.1) is 21.5 Å². The Morgan fingerprint density at radius 1 is 1.22 bits per heavy atom. The van der Waals surface area contributed by atoms with Crippen molar-refractivity contribution in [2.24, 2.45) is 0 Å². The van der Waals surface area contributed by atoms with Gasteiger partial charge in [0.1, 0.15) is 10.7 Å². The molecule has 1 fully saturated rings. The fraction of sp³-hybridized carbons (Fsp3) is 0.391. The number of hydrogen-bond acceptors (Lipinski definition) is 6. The molecule has 1 aliphatic rings. The van der Waals surface area contributed by atoms with Crippen molar-refractivity contribution in [3.8, 4) is 0 Å². The number of H-pyrrole nitrogens is 1. The summed E-state index contributed by atoms with van der Waals surface area (Å²) >= 11 is 9.16. The molecule has 0 amide bonds. The van der Waals surface area contributed by atoms with Crippen LogP contribution in [0.25, 0.3) is 21.1 Å². The molecule has 0 radical (unpaired) electrons. The van der Waals surface area contributed by atoms with Crippen LogP contribution in [0.3, 0.4) is 0 Å². The number of thiophene rings is 1. The van der Waals surface area contributed by atoms with Crippen molar-refractivity contribution in [2.45, 2.75) is 62.9 Å². The minimum absolute atomic E-state index is 0.0327. The average Bonchev–Trinajstić information content (AvgIpc) is 3.36. The summed E-state index contributed by atoms with van der Waals surface area (Å²) in [6, 6.07) is 5.36. The van der Waals surface area contributed by atoms with Gasteiger partial charge in [-0.3, -0.25) is 14.2 Å². The van der Waals surface area contributed by atoms with Crippen molar-refractivity contribution in [3.63, 3.8) is 0 Å². The number of nitrogens with one attached hydrogen (secondary N) is 1. The zero-order valence-electron chi connectivity index (χ0n) is 18.1. The van der Waals surface area contributed by atoms with E-state index in [1.165, 1.54) is 23.1 Å². The van der Waals surface area contributed by atoms with Crippen molar-refractivity contribution in [1.29, 1.82) is 0 Å². The predicted molar refractivity (Wildman–Crippen MR) is 133 cm³/mol. The topological polar surface area (TPSA) is 80.6 Å². The van der Waals surface area contributed by atoms with E-state index in [-0.39, 0.29) is 22.4 Å². The van der Waals surface area contributed by atoms with Crippen molar-refractivity contribution < 1.29 is 0 Å². The highest BCUT2D eigenvalue weighted by molar-refractivity contribution is 7.99. The van der Waals surface area contributed by atoms with Crippen molar-refractivity contribution in [2.75, 3.05) is 0 Å². The Morgan fingerprint density at radius 2 is 1.97 bits per heavy atom. The molecule has 3 aromatic heterocycles. The predicted octanol–water partition coefficient (Wildman–Crippen LogP) is 5.93. The number of hydrogen-bond donors (Lipinski definition) is 1. The van der Waals surface area contributed by atoms with E-state index in [0.29, 0.717) is 32.3 Å². The van der Waals surface area contributed by atoms with Crippen molar-refractivity contribution in [3.05, 3.63) is 60.2 Å². The molecule has 32 heavy (non-hydrogen) atoms. The lowest BCUT2D eigenvalue weighted by Gasteiger charge is -2.20. The first-order chi connectivity index (χ1) is 15.3. The van der Waals surface area contributed by atoms with Gasteiger partial charge in [0.2, 0.25) is 0 Å². The average molecular weight is 487 g/mol. The highest BCUT2D eigenvalue weighted by Gasteiger charge is 2.25. The first-order valence-corrected chi connectivity index (χ1v) is 12.8. The fourth-order valence-electron chi connectivity index (χ4n) is 4.40. The Balaban J connectivity index is 1.61. The largest absolute Gasteiger partial charge is 0.309 e. The zero-order valence-corrected chi connectivity index (χ0v) is 20.5. The van der Waals surface area contributed by atoms with Crippen molar-refractivity contribution >= 4 is 55.8 Å². The maximum Gasteiger partial charge on any atom is 0.262 e. The minimum Gasteiger partial charge on any atom is -0.309 e. The van der Waals surface area contributed by atoms with E-state index in [2.05, 4.69) is 4.98 Å². The molecule has 3 heterocycles. The van der Waals surface area contributed by atoms with Crippen LogP contribution in [0, 0.1) is 13.8 Å². The molecule has 0 spiro atoms. The summed E-state index contributed by atoms with van der Waals surface area (Å²) < 4.78 is 1.85. The first kappa shape index (κ1) is 21.7. The van der Waals surface area contributed by atoms with Gasteiger partial charge >= 0.3 is 0 Å². The number of benzene rings is 1. The monoisotopic (exact) mass is 486 g/mol. The normalized spacial score (nSPS) is 15.8. The van der Waals surface area contributed by atoms with Gasteiger partial charge in [0.25, 0.3) is 11.1 Å². The lowest BCUT2D eigenvalue weighted by molar-refractivity contribution is 0.457. The summed E-state index contributed by atoms with van der Waals surface area (Å²) in [5.41, 5.74) is 1.42. The molecular weight excluding hydrogens is 464 g/mol. The molecule has 9 heteroatoms. The molecule has 1 saturated carbocycles. The number of nitrogens with zero attached hydrogens (tertiary/aromatic N) is 3. The molecule has 166 valence electrons. The van der Waals surface area contributed by atoms with E-state index in [0.717, 1.165) is 41.0 Å². The molecule has 0 saturated heterocycles. The number of fused-ring (bicyclic) bond motifs is 2. The number of thioether (sulfide) groups is 1. The molecule has 1 unspecified atom stereocenters. The quantitative estimate of drug-likeness (QED) is 0.285. The van der Waals surface area contributed by atoms with Gasteiger partial charge in [-0.2, -0.15) is 0 Å². The Morgan fingerprint density at radius 3 is 2.72 bits per heavy atom. The van der Waals surface area contributed by atoms with Crippen molar-refractivity contribution in [1.82, 2.24) is 19.5 Å². The van der Waals surface area contributed by atoms with Crippen LogP contribution < -0.4 is 11.1 Å². The van der Waals surface area contributed by atoms with Crippen LogP contribution in [0.2, 0.25) is 5.02 Å². The lowest BCUT2D eigenvalue weighted by atomic mass is 10.2. The maximum absolute atomic E-state index is 13.4. The van der Waals surface area contributed by atoms with Gasteiger partial charge in [-0.15, -0.1) is 11.3 Å². The van der Waals surface area contributed by atoms with E-state index in [4.69, 9.17) is 21.6 Å². The van der Waals surface area contributed by atoms with Crippen LogP contribution in [0.5, 0.6) is 0 Å². The Bertz CT molecular complexity index is 1470. The number of aromatic nitrogens is 4. The summed E-state index contributed by atoms with van der Waals surface area (Å²) in [5.74, 6) is 0.590. The van der Waals surface area contributed by atoms with E-state index in [1.54, 1.807) is 18.2 Å². The molecule has 1 aromatic carbocycles. The molecule has 5 rings (SSSR count). The molecule has 0 bridgehead atoms. The summed E-state index contributed by atoms with van der Waals surface area (Å²) in [4.78, 5) is 40.6. The summed E-state index contributed by atoms with van der Waals surface area (Å²) in [7, 11) is 0. The second kappa shape index (κ2) is 8.32. The SMILES string of the molecule is Cc1sc2nc(C(C)Sc3nc4cc(Cl)ccc4c(=O)n3C3CCCC3)[nH]c(=O)c2c1C. The first-order valence-electron chi connectivity index (χ1n) is 10.7. The summed E-state index contributed by atoms with van der Waals surface area (Å²) in [5, 5.41) is 2.24. The third-order valence-corrected chi connectivity index (χ3v) is 8.66. The second-order valence-corrected chi connectivity index (χ2v) is 11.3. The number of halogens is 1. The van der Waals surface area contributed by atoms with E-state index >= 15 is 0 Å². The number of aromatic amines is 1. The third kappa shape index (κ3) is 3.68. The number of rotatable bonds is 4. The fourth-order valence-corrected chi connectivity index (χ4v) is 6.64. The van der Waals surface area contributed by atoms with Crippen LogP contribution in [0.15, 0.2) is 32.9 Å². The number of aryl methyl sites for hydroxylation is 2. The highest BCUT2D eigenvalue weighted by Crippen LogP contribution is 2.37. The van der Waals surface area contributed by atoms with Gasteiger partial charge in [0, 0.05) is 15.9 Å². The molecule has 1 atom stereocenters. The maximum atomic E-state index is 13.4. The third-order valence-electron chi connectivity index (χ3n) is 6.25. The lowest BCUT2D eigenvalue weighted by Crippen LogP contribution is -2.26. The van der Waals surface area contributed by atoms with E-state index in [1.807, 2.05) is 25.3 Å². The highest BCUT2D eigenvalue weighted by atomic mass is 35.5.